The predicted molar refractivity (Wildman–Crippen MR) is 44.3 cm³/mol. The molecule has 1 aromatic rings. The smallest absolute Gasteiger partial charge is 0.111 e. The van der Waals surface area contributed by atoms with Gasteiger partial charge in [0.1, 0.15) is 5.01 Å². The van der Waals surface area contributed by atoms with Crippen LogP contribution in [0, 0.1) is 6.92 Å². The summed E-state index contributed by atoms with van der Waals surface area (Å²) in [6.45, 7) is 4.01. The zero-order chi connectivity index (χ0) is 7.56. The van der Waals surface area contributed by atoms with E-state index in [9.17, 15) is 0 Å². The number of aromatic nitrogens is 1. The van der Waals surface area contributed by atoms with E-state index in [-0.39, 0.29) is 6.04 Å². The van der Waals surface area contributed by atoms with E-state index in [1.165, 1.54) is 4.88 Å². The molecular weight excluding hydrogens is 168 g/mol. The first kappa shape index (κ1) is 7.98. The van der Waals surface area contributed by atoms with Crippen molar-refractivity contribution in [1.82, 2.24) is 9.82 Å². The van der Waals surface area contributed by atoms with Crippen molar-refractivity contribution in [2.75, 3.05) is 0 Å². The lowest BCUT2D eigenvalue weighted by Gasteiger charge is -2.01. The molecule has 0 radical (unpaired) electrons. The van der Waals surface area contributed by atoms with Crippen molar-refractivity contribution >= 4 is 23.1 Å². The topological polar surface area (TPSA) is 24.9 Å². The van der Waals surface area contributed by atoms with Crippen LogP contribution >= 0.6 is 23.1 Å². The van der Waals surface area contributed by atoms with E-state index < -0.39 is 0 Å². The quantitative estimate of drug-likeness (QED) is 0.700. The second-order valence-electron chi connectivity index (χ2n) is 2.14. The molecule has 0 aliphatic rings. The molecule has 1 atom stereocenters. The first-order chi connectivity index (χ1) is 4.74. The lowest BCUT2D eigenvalue weighted by molar-refractivity contribution is 0.737. The van der Waals surface area contributed by atoms with Gasteiger partial charge in [-0.3, -0.25) is 0 Å². The Labute approximate surface area is 69.4 Å². The molecule has 4 heteroatoms. The molecule has 0 unspecified atom stereocenters. The second-order valence-corrected chi connectivity index (χ2v) is 3.62. The monoisotopic (exact) mass is 176 g/mol. The Balaban J connectivity index is 2.74. The summed E-state index contributed by atoms with van der Waals surface area (Å²) < 4.78 is 0. The molecule has 1 N–H and O–H groups in total. The van der Waals surface area contributed by atoms with E-state index >= 15 is 0 Å². The lowest BCUT2D eigenvalue weighted by atomic mass is 10.4. The Morgan fingerprint density at radius 2 is 2.50 bits per heavy atom. The van der Waals surface area contributed by atoms with E-state index in [1.807, 2.05) is 20.0 Å². The van der Waals surface area contributed by atoms with Crippen molar-refractivity contribution < 1.29 is 0 Å². The molecule has 0 aliphatic carbocycles. The molecule has 10 heavy (non-hydrogen) atoms. The average molecular weight is 177 g/mol. The number of aryl methyl sites for hydroxylation is 1. The minimum absolute atomic E-state index is 0.153. The Bertz CT molecular complexity index is 211. The summed E-state index contributed by atoms with van der Waals surface area (Å²) in [6, 6.07) is 0.153. The van der Waals surface area contributed by atoms with Crippen LogP contribution in [0.25, 0.3) is 0 Å². The summed E-state index contributed by atoms with van der Waals surface area (Å²) >= 11 is 7.07. The maximum Gasteiger partial charge on any atom is 0.111 e. The van der Waals surface area contributed by atoms with Gasteiger partial charge in [0.05, 0.1) is 6.04 Å². The first-order valence-electron chi connectivity index (χ1n) is 3.02. The van der Waals surface area contributed by atoms with Crippen molar-refractivity contribution in [3.8, 4) is 0 Å². The van der Waals surface area contributed by atoms with Gasteiger partial charge in [-0.05, 0) is 25.6 Å². The fraction of sp³-hybridized carbons (Fsp3) is 0.500. The fourth-order valence-corrected chi connectivity index (χ4v) is 1.56. The molecule has 56 valence electrons. The van der Waals surface area contributed by atoms with Crippen molar-refractivity contribution in [1.29, 1.82) is 0 Å². The minimum atomic E-state index is 0.153. The third kappa shape index (κ3) is 1.68. The standard InChI is InChI=1S/C6H9ClN2S/c1-4-3-8-6(10-4)5(2)9-7/h3,5,9H,1-2H3/t5-/m1/s1. The number of hydrogen-bond donors (Lipinski definition) is 1. The van der Waals surface area contributed by atoms with Crippen LogP contribution in [0.15, 0.2) is 6.20 Å². The zero-order valence-electron chi connectivity index (χ0n) is 5.89. The summed E-state index contributed by atoms with van der Waals surface area (Å²) in [5, 5.41) is 1.03. The van der Waals surface area contributed by atoms with Gasteiger partial charge in [0.15, 0.2) is 0 Å². The molecule has 0 fully saturated rings. The molecule has 0 aromatic carbocycles. The molecular formula is C6H9ClN2S. The van der Waals surface area contributed by atoms with E-state index in [1.54, 1.807) is 11.3 Å². The normalized spacial score (nSPS) is 13.5. The number of nitrogens with one attached hydrogen (secondary N) is 1. The molecule has 1 rings (SSSR count). The third-order valence-electron chi connectivity index (χ3n) is 1.17. The molecule has 0 bridgehead atoms. The van der Waals surface area contributed by atoms with Crippen LogP contribution in [-0.2, 0) is 0 Å². The number of nitrogens with zero attached hydrogens (tertiary/aromatic N) is 1. The number of hydrogen-bond acceptors (Lipinski definition) is 3. The molecule has 0 saturated carbocycles. The van der Waals surface area contributed by atoms with Crippen LogP contribution in [0.4, 0.5) is 0 Å². The molecule has 0 amide bonds. The Morgan fingerprint density at radius 3 is 2.90 bits per heavy atom. The van der Waals surface area contributed by atoms with Gasteiger partial charge < -0.3 is 0 Å². The molecule has 0 saturated heterocycles. The highest BCUT2D eigenvalue weighted by molar-refractivity contribution is 7.11. The maximum atomic E-state index is 5.41. The van der Waals surface area contributed by atoms with Crippen molar-refractivity contribution in [3.63, 3.8) is 0 Å². The SMILES string of the molecule is Cc1cnc([C@@H](C)NCl)s1. The largest absolute Gasteiger partial charge is 0.248 e. The summed E-state index contributed by atoms with van der Waals surface area (Å²) in [4.78, 5) is 7.99. The van der Waals surface area contributed by atoms with Crippen LogP contribution in [0.3, 0.4) is 0 Å². The Morgan fingerprint density at radius 1 is 1.80 bits per heavy atom. The summed E-state index contributed by atoms with van der Waals surface area (Å²) in [7, 11) is 0. The number of thiazole rings is 1. The van der Waals surface area contributed by atoms with Gasteiger partial charge in [-0.2, -0.15) is 0 Å². The summed E-state index contributed by atoms with van der Waals surface area (Å²) in [5.74, 6) is 0. The number of halogens is 1. The highest BCUT2D eigenvalue weighted by atomic mass is 35.5. The van der Waals surface area contributed by atoms with Gasteiger partial charge in [0.25, 0.3) is 0 Å². The minimum Gasteiger partial charge on any atom is -0.248 e. The van der Waals surface area contributed by atoms with Crippen molar-refractivity contribution in [2.24, 2.45) is 0 Å². The van der Waals surface area contributed by atoms with E-state index in [2.05, 4.69) is 9.82 Å². The van der Waals surface area contributed by atoms with E-state index in [0.29, 0.717) is 0 Å². The average Bonchev–Trinajstić information content (AvgIpc) is 2.34. The highest BCUT2D eigenvalue weighted by Crippen LogP contribution is 2.18. The van der Waals surface area contributed by atoms with Crippen LogP contribution in [-0.4, -0.2) is 4.98 Å². The van der Waals surface area contributed by atoms with Crippen LogP contribution in [0.5, 0.6) is 0 Å². The Kier molecular flexibility index (Phi) is 2.65. The third-order valence-corrected chi connectivity index (χ3v) is 2.60. The van der Waals surface area contributed by atoms with Crippen LogP contribution in [0.1, 0.15) is 22.9 Å². The van der Waals surface area contributed by atoms with Crippen molar-refractivity contribution in [2.45, 2.75) is 19.9 Å². The van der Waals surface area contributed by atoms with Gasteiger partial charge in [-0.1, -0.05) is 0 Å². The second kappa shape index (κ2) is 3.32. The lowest BCUT2D eigenvalue weighted by Crippen LogP contribution is -2.05. The summed E-state index contributed by atoms with van der Waals surface area (Å²) in [5.41, 5.74) is 0. The van der Waals surface area contributed by atoms with E-state index in [0.717, 1.165) is 5.01 Å². The van der Waals surface area contributed by atoms with Gasteiger partial charge in [-0.25, -0.2) is 9.82 Å². The summed E-state index contributed by atoms with van der Waals surface area (Å²) in [6.07, 6.45) is 1.85. The van der Waals surface area contributed by atoms with E-state index in [4.69, 9.17) is 11.8 Å². The maximum absolute atomic E-state index is 5.41. The molecule has 0 spiro atoms. The zero-order valence-corrected chi connectivity index (χ0v) is 7.46. The van der Waals surface area contributed by atoms with Crippen LogP contribution in [0.2, 0.25) is 0 Å². The first-order valence-corrected chi connectivity index (χ1v) is 4.22. The van der Waals surface area contributed by atoms with Gasteiger partial charge in [0, 0.05) is 11.1 Å². The van der Waals surface area contributed by atoms with Gasteiger partial charge in [-0.15, -0.1) is 11.3 Å². The molecule has 1 aromatic heterocycles. The van der Waals surface area contributed by atoms with Gasteiger partial charge in [0.2, 0.25) is 0 Å². The molecule has 1 heterocycles. The Hall–Kier alpha value is -0.120. The molecule has 2 nitrogen and oxygen atoms in total. The fourth-order valence-electron chi connectivity index (χ4n) is 0.619. The van der Waals surface area contributed by atoms with Crippen molar-refractivity contribution in [3.05, 3.63) is 16.1 Å². The number of rotatable bonds is 2. The van der Waals surface area contributed by atoms with Crippen LogP contribution < -0.4 is 4.84 Å². The molecule has 0 aliphatic heterocycles. The van der Waals surface area contributed by atoms with Gasteiger partial charge >= 0.3 is 0 Å². The highest BCUT2D eigenvalue weighted by Gasteiger charge is 2.05. The predicted octanol–water partition coefficient (Wildman–Crippen LogP) is 2.26.